The Morgan fingerprint density at radius 1 is 1.22 bits per heavy atom. The lowest BCUT2D eigenvalue weighted by molar-refractivity contribution is -0.121. The van der Waals surface area contributed by atoms with Gasteiger partial charge in [0.05, 0.1) is 23.8 Å². The zero-order chi connectivity index (χ0) is 23.3. The summed E-state index contributed by atoms with van der Waals surface area (Å²) in [6.45, 7) is 5.50. The summed E-state index contributed by atoms with van der Waals surface area (Å²) in [7, 11) is 1.52. The molecule has 2 aromatic rings. The van der Waals surface area contributed by atoms with Gasteiger partial charge in [0.25, 0.3) is 5.91 Å². The number of aromatic nitrogens is 1. The van der Waals surface area contributed by atoms with Crippen LogP contribution in [0.1, 0.15) is 37.0 Å². The quantitative estimate of drug-likeness (QED) is 0.609. The number of hydrogen-bond donors (Lipinski definition) is 1. The molecule has 3 rings (SSSR count). The number of carbonyl (C=O) groups excluding carboxylic acids is 2. The summed E-state index contributed by atoms with van der Waals surface area (Å²) in [4.78, 5) is 31.4. The lowest BCUT2D eigenvalue weighted by Crippen LogP contribution is -2.41. The highest BCUT2D eigenvalue weighted by atomic mass is 35.5. The monoisotopic (exact) mass is 479 g/mol. The normalized spacial score (nSPS) is 14.4. The Morgan fingerprint density at radius 2 is 1.94 bits per heavy atom. The fraction of sp³-hybridized carbons (Fsp3) is 0.435. The van der Waals surface area contributed by atoms with Crippen molar-refractivity contribution in [2.45, 2.75) is 26.7 Å². The van der Waals surface area contributed by atoms with E-state index in [4.69, 9.17) is 32.7 Å². The number of benzene rings is 1. The highest BCUT2D eigenvalue weighted by Crippen LogP contribution is 2.37. The molecular weight excluding hydrogens is 453 g/mol. The zero-order valence-corrected chi connectivity index (χ0v) is 19.9. The van der Waals surface area contributed by atoms with Gasteiger partial charge < -0.3 is 19.7 Å². The molecule has 1 saturated heterocycles. The topological polar surface area (TPSA) is 80.8 Å². The van der Waals surface area contributed by atoms with Crippen molar-refractivity contribution in [1.82, 2.24) is 9.88 Å². The van der Waals surface area contributed by atoms with E-state index in [0.717, 1.165) is 0 Å². The molecule has 0 atom stereocenters. The van der Waals surface area contributed by atoms with E-state index in [2.05, 4.69) is 10.3 Å². The van der Waals surface area contributed by atoms with Crippen LogP contribution in [0.4, 0.5) is 5.82 Å². The Kier molecular flexibility index (Phi) is 8.21. The van der Waals surface area contributed by atoms with Crippen molar-refractivity contribution in [3.63, 3.8) is 0 Å². The Bertz CT molecular complexity index is 958. The predicted molar refractivity (Wildman–Crippen MR) is 125 cm³/mol. The predicted octanol–water partition coefficient (Wildman–Crippen LogP) is 4.92. The maximum absolute atomic E-state index is 13.0. The van der Waals surface area contributed by atoms with Crippen LogP contribution in [-0.4, -0.2) is 48.5 Å². The van der Waals surface area contributed by atoms with Gasteiger partial charge in [0.15, 0.2) is 11.5 Å². The molecule has 2 heterocycles. The van der Waals surface area contributed by atoms with Crippen LogP contribution in [0, 0.1) is 11.8 Å². The minimum absolute atomic E-state index is 0.108. The Morgan fingerprint density at radius 3 is 2.53 bits per heavy atom. The first-order chi connectivity index (χ1) is 15.3. The van der Waals surface area contributed by atoms with Crippen LogP contribution >= 0.6 is 23.2 Å². The summed E-state index contributed by atoms with van der Waals surface area (Å²) in [6, 6.07) is 6.58. The standard InChI is InChI=1S/C23H27Cl2N3O4/c1-14(2)13-32-21-18(25)10-16(11-19(21)31-3)23(30)28-8-6-15(7-9-28)22(29)27-20-5-4-17(24)12-26-20/h4-5,10-12,14-15H,6-9,13H2,1-3H3,(H,26,27,29). The van der Waals surface area contributed by atoms with Crippen LogP contribution in [0.25, 0.3) is 0 Å². The number of methoxy groups -OCH3 is 1. The molecule has 1 aliphatic rings. The smallest absolute Gasteiger partial charge is 0.254 e. The lowest BCUT2D eigenvalue weighted by atomic mass is 9.95. The van der Waals surface area contributed by atoms with E-state index < -0.39 is 0 Å². The second-order valence-electron chi connectivity index (χ2n) is 8.11. The zero-order valence-electron chi connectivity index (χ0n) is 18.4. The molecule has 1 aromatic heterocycles. The molecule has 7 nitrogen and oxygen atoms in total. The number of nitrogens with zero attached hydrogens (tertiary/aromatic N) is 2. The number of piperidine rings is 1. The number of halogens is 2. The van der Waals surface area contributed by atoms with Crippen LogP contribution in [0.2, 0.25) is 10.0 Å². The van der Waals surface area contributed by atoms with Crippen molar-refractivity contribution in [3.05, 3.63) is 46.1 Å². The molecular formula is C23H27Cl2N3O4. The second-order valence-corrected chi connectivity index (χ2v) is 8.96. The highest BCUT2D eigenvalue weighted by Gasteiger charge is 2.29. The number of rotatable bonds is 7. The molecule has 0 unspecified atom stereocenters. The van der Waals surface area contributed by atoms with E-state index in [1.807, 2.05) is 13.8 Å². The lowest BCUT2D eigenvalue weighted by Gasteiger charge is -2.31. The van der Waals surface area contributed by atoms with E-state index in [1.165, 1.54) is 13.3 Å². The maximum Gasteiger partial charge on any atom is 0.254 e. The van der Waals surface area contributed by atoms with E-state index in [0.29, 0.717) is 71.4 Å². The van der Waals surface area contributed by atoms with Gasteiger partial charge in [0, 0.05) is 30.8 Å². The van der Waals surface area contributed by atoms with Gasteiger partial charge in [-0.3, -0.25) is 9.59 Å². The molecule has 0 aliphatic carbocycles. The van der Waals surface area contributed by atoms with Gasteiger partial charge in [0.1, 0.15) is 5.82 Å². The summed E-state index contributed by atoms with van der Waals surface area (Å²) < 4.78 is 11.2. The molecule has 2 amide bonds. The molecule has 0 radical (unpaired) electrons. The van der Waals surface area contributed by atoms with Gasteiger partial charge in [-0.05, 0) is 43.0 Å². The number of anilines is 1. The molecule has 32 heavy (non-hydrogen) atoms. The summed E-state index contributed by atoms with van der Waals surface area (Å²) in [6.07, 6.45) is 2.61. The average molecular weight is 480 g/mol. The average Bonchev–Trinajstić information content (AvgIpc) is 2.78. The third kappa shape index (κ3) is 6.04. The van der Waals surface area contributed by atoms with Crippen LogP contribution in [0.3, 0.4) is 0 Å². The van der Waals surface area contributed by atoms with E-state index >= 15 is 0 Å². The molecule has 0 bridgehead atoms. The first kappa shape index (κ1) is 24.1. The first-order valence-corrected chi connectivity index (χ1v) is 11.3. The van der Waals surface area contributed by atoms with Crippen molar-refractivity contribution in [2.24, 2.45) is 11.8 Å². The molecule has 0 spiro atoms. The minimum atomic E-state index is -0.193. The minimum Gasteiger partial charge on any atom is -0.493 e. The molecule has 1 N–H and O–H groups in total. The molecule has 1 fully saturated rings. The van der Waals surface area contributed by atoms with Gasteiger partial charge in [-0.1, -0.05) is 37.0 Å². The van der Waals surface area contributed by atoms with Gasteiger partial charge >= 0.3 is 0 Å². The van der Waals surface area contributed by atoms with Gasteiger partial charge in [-0.25, -0.2) is 4.98 Å². The summed E-state index contributed by atoms with van der Waals surface area (Å²) in [5, 5.41) is 3.64. The largest absolute Gasteiger partial charge is 0.493 e. The SMILES string of the molecule is COc1cc(C(=O)N2CCC(C(=O)Nc3ccc(Cl)cn3)CC2)cc(Cl)c1OCC(C)C. The van der Waals surface area contributed by atoms with Gasteiger partial charge in [-0.15, -0.1) is 0 Å². The number of ether oxygens (including phenoxy) is 2. The third-order valence-corrected chi connectivity index (χ3v) is 5.67. The van der Waals surface area contributed by atoms with Crippen LogP contribution in [0.15, 0.2) is 30.5 Å². The van der Waals surface area contributed by atoms with Crippen molar-refractivity contribution in [3.8, 4) is 11.5 Å². The number of pyridine rings is 1. The molecule has 9 heteroatoms. The van der Waals surface area contributed by atoms with E-state index in [1.54, 1.807) is 29.2 Å². The van der Waals surface area contributed by atoms with Crippen LogP contribution < -0.4 is 14.8 Å². The third-order valence-electron chi connectivity index (χ3n) is 5.17. The van der Waals surface area contributed by atoms with Crippen molar-refractivity contribution in [1.29, 1.82) is 0 Å². The molecule has 172 valence electrons. The fourth-order valence-electron chi connectivity index (χ4n) is 3.44. The van der Waals surface area contributed by atoms with Gasteiger partial charge in [-0.2, -0.15) is 0 Å². The number of amides is 2. The Balaban J connectivity index is 1.61. The maximum atomic E-state index is 13.0. The Hall–Kier alpha value is -2.51. The highest BCUT2D eigenvalue weighted by molar-refractivity contribution is 6.32. The first-order valence-electron chi connectivity index (χ1n) is 10.5. The summed E-state index contributed by atoms with van der Waals surface area (Å²) >= 11 is 12.2. The number of hydrogen-bond acceptors (Lipinski definition) is 5. The van der Waals surface area contributed by atoms with Gasteiger partial charge in [0.2, 0.25) is 5.91 Å². The summed E-state index contributed by atoms with van der Waals surface area (Å²) in [5.41, 5.74) is 0.428. The second kappa shape index (κ2) is 10.9. The Labute approximate surface area is 198 Å². The van der Waals surface area contributed by atoms with E-state index in [-0.39, 0.29) is 17.7 Å². The molecule has 1 aromatic carbocycles. The number of carbonyl (C=O) groups is 2. The van der Waals surface area contributed by atoms with E-state index in [9.17, 15) is 9.59 Å². The number of likely N-dealkylation sites (tertiary alicyclic amines) is 1. The fourth-order valence-corrected chi connectivity index (χ4v) is 3.82. The molecule has 0 saturated carbocycles. The summed E-state index contributed by atoms with van der Waals surface area (Å²) in [5.74, 6) is 1.19. The van der Waals surface area contributed by atoms with Crippen molar-refractivity contribution in [2.75, 3.05) is 32.1 Å². The van der Waals surface area contributed by atoms with Crippen LogP contribution in [-0.2, 0) is 4.79 Å². The van der Waals surface area contributed by atoms with Crippen LogP contribution in [0.5, 0.6) is 11.5 Å². The number of nitrogens with one attached hydrogen (secondary N) is 1. The molecule has 1 aliphatic heterocycles. The van der Waals surface area contributed by atoms with Crippen molar-refractivity contribution >= 4 is 40.8 Å². The van der Waals surface area contributed by atoms with Crippen molar-refractivity contribution < 1.29 is 19.1 Å².